The van der Waals surface area contributed by atoms with Gasteiger partial charge < -0.3 is 5.32 Å². The molecule has 0 fully saturated rings. The van der Waals surface area contributed by atoms with E-state index in [0.29, 0.717) is 23.5 Å². The zero-order chi connectivity index (χ0) is 22.2. The summed E-state index contributed by atoms with van der Waals surface area (Å²) < 4.78 is 2.75. The van der Waals surface area contributed by atoms with Crippen molar-refractivity contribution >= 4 is 28.4 Å². The molecule has 0 unspecified atom stereocenters. The topological polar surface area (TPSA) is 168 Å². The fourth-order valence-electron chi connectivity index (χ4n) is 2.96. The zero-order valence-corrected chi connectivity index (χ0v) is 15.6. The maximum atomic E-state index is 13.0. The van der Waals surface area contributed by atoms with Crippen molar-refractivity contribution in [3.63, 3.8) is 0 Å². The Morgan fingerprint density at radius 2 is 1.40 bits per heavy atom. The van der Waals surface area contributed by atoms with Gasteiger partial charge in [-0.1, -0.05) is 18.2 Å². The molecule has 1 aromatic heterocycles. The van der Waals surface area contributed by atoms with Crippen LogP contribution in [0, 0.1) is 37.3 Å². The molecule has 0 saturated heterocycles. The molecule has 2 aromatic carbocycles. The summed E-state index contributed by atoms with van der Waals surface area (Å²) in [6.07, 6.45) is 0. The number of benzene rings is 2. The Bertz CT molecular complexity index is 1210. The summed E-state index contributed by atoms with van der Waals surface area (Å²) in [6.45, 7) is 1.55. The van der Waals surface area contributed by atoms with Crippen LogP contribution in [0.3, 0.4) is 0 Å². The lowest BCUT2D eigenvalue weighted by Crippen LogP contribution is -2.20. The highest BCUT2D eigenvalue weighted by atomic mass is 16.6. The predicted octanol–water partition coefficient (Wildman–Crippen LogP) is 2.95. The van der Waals surface area contributed by atoms with Crippen LogP contribution < -0.4 is 10.9 Å². The van der Waals surface area contributed by atoms with Gasteiger partial charge in [-0.05, 0) is 19.1 Å². The summed E-state index contributed by atoms with van der Waals surface area (Å²) in [4.78, 5) is 44.0. The molecule has 1 heterocycles. The first kappa shape index (κ1) is 20.2. The monoisotopic (exact) mass is 414 g/mol. The summed E-state index contributed by atoms with van der Waals surface area (Å²) in [5, 5.41) is 36.4. The Morgan fingerprint density at radius 1 is 0.867 bits per heavy atom. The predicted molar refractivity (Wildman–Crippen MR) is 105 cm³/mol. The van der Waals surface area contributed by atoms with Crippen LogP contribution in [0.25, 0.3) is 5.69 Å². The van der Waals surface area contributed by atoms with E-state index >= 15 is 0 Å². The van der Waals surface area contributed by atoms with Crippen molar-refractivity contribution in [2.75, 3.05) is 5.32 Å². The van der Waals surface area contributed by atoms with Crippen molar-refractivity contribution in [1.29, 1.82) is 0 Å². The fourth-order valence-corrected chi connectivity index (χ4v) is 2.96. The van der Waals surface area contributed by atoms with Crippen LogP contribution in [0.2, 0.25) is 0 Å². The van der Waals surface area contributed by atoms with Gasteiger partial charge in [-0.25, -0.2) is 4.68 Å². The highest BCUT2D eigenvalue weighted by Gasteiger charge is 2.32. The molecule has 0 spiro atoms. The van der Waals surface area contributed by atoms with E-state index in [1.54, 1.807) is 44.3 Å². The van der Waals surface area contributed by atoms with E-state index in [-0.39, 0.29) is 5.69 Å². The number of nitrogens with one attached hydrogen (secondary N) is 1. The Morgan fingerprint density at radius 3 is 1.87 bits per heavy atom. The van der Waals surface area contributed by atoms with Crippen molar-refractivity contribution in [2.24, 2.45) is 7.05 Å². The van der Waals surface area contributed by atoms with Gasteiger partial charge in [0, 0.05) is 7.05 Å². The van der Waals surface area contributed by atoms with E-state index in [0.717, 1.165) is 0 Å². The summed E-state index contributed by atoms with van der Waals surface area (Å²) in [5.74, 6) is 0. The van der Waals surface area contributed by atoms with Crippen LogP contribution >= 0.6 is 0 Å². The van der Waals surface area contributed by atoms with E-state index in [1.165, 1.54) is 9.36 Å². The van der Waals surface area contributed by atoms with E-state index in [4.69, 9.17) is 0 Å². The van der Waals surface area contributed by atoms with Crippen molar-refractivity contribution in [3.05, 3.63) is 88.9 Å². The van der Waals surface area contributed by atoms with Gasteiger partial charge in [0.05, 0.1) is 38.3 Å². The Hall–Kier alpha value is -4.55. The number of hydrogen-bond acceptors (Lipinski definition) is 8. The Balaban J connectivity index is 2.25. The minimum absolute atomic E-state index is 0.138. The molecule has 30 heavy (non-hydrogen) atoms. The SMILES string of the molecule is Cc1c(Nc2c([N+](=O)[O-])cc([N+](=O)[O-])cc2[N+](=O)[O-])c(=O)n(-c2ccccc2)n1C. The maximum absolute atomic E-state index is 13.0. The first-order valence-corrected chi connectivity index (χ1v) is 8.35. The van der Waals surface area contributed by atoms with Gasteiger partial charge in [0.2, 0.25) is 0 Å². The molecule has 13 nitrogen and oxygen atoms in total. The maximum Gasteiger partial charge on any atom is 0.306 e. The third-order valence-corrected chi connectivity index (χ3v) is 4.49. The molecular weight excluding hydrogens is 400 g/mol. The van der Waals surface area contributed by atoms with Crippen molar-refractivity contribution in [1.82, 2.24) is 9.36 Å². The molecule has 0 aliphatic heterocycles. The number of anilines is 2. The van der Waals surface area contributed by atoms with Crippen LogP contribution in [-0.4, -0.2) is 24.1 Å². The molecule has 0 atom stereocenters. The highest BCUT2D eigenvalue weighted by molar-refractivity contribution is 5.81. The number of hydrogen-bond donors (Lipinski definition) is 1. The van der Waals surface area contributed by atoms with Gasteiger partial charge in [0.25, 0.3) is 11.2 Å². The quantitative estimate of drug-likeness (QED) is 0.474. The molecule has 0 aliphatic rings. The number of nitro benzene ring substituents is 3. The van der Waals surface area contributed by atoms with E-state index < -0.39 is 43.1 Å². The van der Waals surface area contributed by atoms with E-state index in [1.807, 2.05) is 0 Å². The number of nitrogens with zero attached hydrogens (tertiary/aromatic N) is 5. The second-order valence-electron chi connectivity index (χ2n) is 6.19. The summed E-state index contributed by atoms with van der Waals surface area (Å²) in [7, 11) is 1.58. The van der Waals surface area contributed by atoms with Crippen LogP contribution in [0.5, 0.6) is 0 Å². The lowest BCUT2D eigenvalue weighted by atomic mass is 10.2. The van der Waals surface area contributed by atoms with Gasteiger partial charge in [0.1, 0.15) is 5.69 Å². The largest absolute Gasteiger partial charge is 0.338 e. The first-order valence-electron chi connectivity index (χ1n) is 8.35. The number of nitro groups is 3. The average Bonchev–Trinajstić information content (AvgIpc) is 2.91. The lowest BCUT2D eigenvalue weighted by molar-refractivity contribution is -0.401. The summed E-state index contributed by atoms with van der Waals surface area (Å²) in [6, 6.07) is 9.72. The van der Waals surface area contributed by atoms with Gasteiger partial charge in [-0.2, -0.15) is 0 Å². The molecule has 0 aliphatic carbocycles. The number of rotatable bonds is 6. The minimum atomic E-state index is -0.990. The molecule has 13 heteroatoms. The van der Waals surface area contributed by atoms with Crippen molar-refractivity contribution < 1.29 is 14.8 Å². The fraction of sp³-hybridized carbons (Fsp3) is 0.118. The number of non-ortho nitro benzene ring substituents is 1. The van der Waals surface area contributed by atoms with Gasteiger partial charge in [0.15, 0.2) is 5.69 Å². The standard InChI is InChI=1S/C17H14N6O7/c1-10-15(17(24)20(19(10)2)11-6-4-3-5-7-11)18-16-13(22(27)28)8-12(21(25)26)9-14(16)23(29)30/h3-9,18H,1-2H3. The smallest absolute Gasteiger partial charge is 0.306 e. The third kappa shape index (κ3) is 3.34. The Labute approximate surface area is 167 Å². The van der Waals surface area contributed by atoms with Crippen molar-refractivity contribution in [3.8, 4) is 5.69 Å². The van der Waals surface area contributed by atoms with Gasteiger partial charge >= 0.3 is 11.4 Å². The first-order chi connectivity index (χ1) is 14.1. The van der Waals surface area contributed by atoms with Gasteiger partial charge in [-0.15, -0.1) is 0 Å². The molecule has 0 bridgehead atoms. The lowest BCUT2D eigenvalue weighted by Gasteiger charge is -2.07. The molecule has 1 N–H and O–H groups in total. The zero-order valence-electron chi connectivity index (χ0n) is 15.6. The molecule has 3 aromatic rings. The number of aromatic nitrogens is 2. The van der Waals surface area contributed by atoms with Gasteiger partial charge in [-0.3, -0.25) is 39.8 Å². The normalized spacial score (nSPS) is 10.6. The molecule has 154 valence electrons. The summed E-state index contributed by atoms with van der Waals surface area (Å²) >= 11 is 0. The average molecular weight is 414 g/mol. The van der Waals surface area contributed by atoms with Crippen LogP contribution in [0.1, 0.15) is 5.69 Å². The number of para-hydroxylation sites is 1. The summed E-state index contributed by atoms with van der Waals surface area (Å²) in [5.41, 5.74) is -3.13. The van der Waals surface area contributed by atoms with Crippen molar-refractivity contribution in [2.45, 2.75) is 6.92 Å². The molecular formula is C17H14N6O7. The van der Waals surface area contributed by atoms with E-state index in [9.17, 15) is 35.1 Å². The Kier molecular flexibility index (Phi) is 5.02. The van der Waals surface area contributed by atoms with Crippen LogP contribution in [0.4, 0.5) is 28.4 Å². The van der Waals surface area contributed by atoms with E-state index in [2.05, 4.69) is 5.32 Å². The molecule has 0 radical (unpaired) electrons. The second-order valence-corrected chi connectivity index (χ2v) is 6.19. The van der Waals surface area contributed by atoms with Crippen LogP contribution in [0.15, 0.2) is 47.3 Å². The molecule has 0 saturated carbocycles. The highest BCUT2D eigenvalue weighted by Crippen LogP contribution is 2.40. The molecule has 3 rings (SSSR count). The van der Waals surface area contributed by atoms with Crippen LogP contribution in [-0.2, 0) is 7.05 Å². The minimum Gasteiger partial charge on any atom is -0.338 e. The third-order valence-electron chi connectivity index (χ3n) is 4.49. The molecule has 0 amide bonds. The second kappa shape index (κ2) is 7.46.